The van der Waals surface area contributed by atoms with Crippen LogP contribution in [0.25, 0.3) is 0 Å². The van der Waals surface area contributed by atoms with Gasteiger partial charge in [-0.25, -0.2) is 4.79 Å². The highest BCUT2D eigenvalue weighted by molar-refractivity contribution is 5.80. The van der Waals surface area contributed by atoms with E-state index in [2.05, 4.69) is 5.32 Å². The maximum atomic E-state index is 11.4. The van der Waals surface area contributed by atoms with Crippen LogP contribution in [0.1, 0.15) is 23.6 Å². The molecule has 1 rings (SSSR count). The molecule has 0 spiro atoms. The predicted octanol–water partition coefficient (Wildman–Crippen LogP) is 1.15. The first-order valence-electron chi connectivity index (χ1n) is 5.68. The minimum atomic E-state index is -1.09. The fourth-order valence-electron chi connectivity index (χ4n) is 1.68. The minimum Gasteiger partial charge on any atom is -0.480 e. The van der Waals surface area contributed by atoms with E-state index in [4.69, 9.17) is 5.73 Å². The Morgan fingerprint density at radius 3 is 2.53 bits per heavy atom. The Bertz CT molecular complexity index is 418. The first-order chi connectivity index (χ1) is 7.91. The standard InChI is InChI=1S/C13H20N2O2/c1-9-4-5-11(8-10(9)2)13(3,12(16)17)15-7-6-14/h4-5,8,15H,6-7,14H2,1-3H3,(H,16,17). The Morgan fingerprint density at radius 1 is 1.41 bits per heavy atom. The highest BCUT2D eigenvalue weighted by Gasteiger charge is 2.34. The molecular weight excluding hydrogens is 216 g/mol. The highest BCUT2D eigenvalue weighted by atomic mass is 16.4. The third-order valence-corrected chi connectivity index (χ3v) is 3.13. The average Bonchev–Trinajstić information content (AvgIpc) is 2.29. The van der Waals surface area contributed by atoms with Crippen molar-refractivity contribution in [3.8, 4) is 0 Å². The SMILES string of the molecule is Cc1ccc(C(C)(NCCN)C(=O)O)cc1C. The maximum absolute atomic E-state index is 11.4. The molecule has 0 radical (unpaired) electrons. The van der Waals surface area contributed by atoms with Crippen LogP contribution < -0.4 is 11.1 Å². The molecule has 0 heterocycles. The van der Waals surface area contributed by atoms with Crippen LogP contribution in [0.3, 0.4) is 0 Å². The van der Waals surface area contributed by atoms with Gasteiger partial charge in [-0.1, -0.05) is 18.2 Å². The second-order valence-corrected chi connectivity index (χ2v) is 4.44. The molecule has 0 aliphatic rings. The summed E-state index contributed by atoms with van der Waals surface area (Å²) < 4.78 is 0. The van der Waals surface area contributed by atoms with Crippen molar-refractivity contribution in [2.45, 2.75) is 26.3 Å². The fraction of sp³-hybridized carbons (Fsp3) is 0.462. The Balaban J connectivity index is 3.13. The molecule has 0 bridgehead atoms. The molecule has 1 aromatic carbocycles. The van der Waals surface area contributed by atoms with Gasteiger partial charge in [0.05, 0.1) is 0 Å². The Morgan fingerprint density at radius 2 is 2.06 bits per heavy atom. The molecule has 4 nitrogen and oxygen atoms in total. The van der Waals surface area contributed by atoms with Crippen molar-refractivity contribution in [3.05, 3.63) is 34.9 Å². The molecule has 0 aliphatic heterocycles. The van der Waals surface area contributed by atoms with E-state index in [1.54, 1.807) is 6.92 Å². The number of nitrogens with two attached hydrogens (primary N) is 1. The van der Waals surface area contributed by atoms with Crippen molar-refractivity contribution in [1.82, 2.24) is 5.32 Å². The van der Waals surface area contributed by atoms with Crippen molar-refractivity contribution in [2.24, 2.45) is 5.73 Å². The second kappa shape index (κ2) is 5.29. The summed E-state index contributed by atoms with van der Waals surface area (Å²) in [5.41, 5.74) is 7.32. The van der Waals surface area contributed by atoms with Gasteiger partial charge in [0.1, 0.15) is 5.54 Å². The number of aliphatic carboxylic acids is 1. The number of hydrogen-bond donors (Lipinski definition) is 3. The van der Waals surface area contributed by atoms with Crippen LogP contribution in [0.5, 0.6) is 0 Å². The van der Waals surface area contributed by atoms with E-state index in [0.717, 1.165) is 16.7 Å². The first kappa shape index (κ1) is 13.7. The second-order valence-electron chi connectivity index (χ2n) is 4.44. The molecule has 4 heteroatoms. The zero-order valence-electron chi connectivity index (χ0n) is 10.6. The third kappa shape index (κ3) is 2.84. The molecule has 1 unspecified atom stereocenters. The Kier molecular flexibility index (Phi) is 4.26. The Hall–Kier alpha value is -1.39. The van der Waals surface area contributed by atoms with Crippen LogP contribution >= 0.6 is 0 Å². The molecule has 0 saturated carbocycles. The van der Waals surface area contributed by atoms with Crippen LogP contribution in [0.4, 0.5) is 0 Å². The topological polar surface area (TPSA) is 75.3 Å². The summed E-state index contributed by atoms with van der Waals surface area (Å²) in [6, 6.07) is 5.70. The quantitative estimate of drug-likeness (QED) is 0.717. The largest absolute Gasteiger partial charge is 0.480 e. The zero-order chi connectivity index (χ0) is 13.1. The molecule has 0 fully saturated rings. The van der Waals surface area contributed by atoms with Gasteiger partial charge in [-0.15, -0.1) is 0 Å². The number of carbonyl (C=O) groups is 1. The van der Waals surface area contributed by atoms with E-state index in [0.29, 0.717) is 13.1 Å². The normalized spacial score (nSPS) is 14.4. The number of rotatable bonds is 5. The molecule has 94 valence electrons. The predicted molar refractivity (Wildman–Crippen MR) is 68.0 cm³/mol. The number of carboxylic acids is 1. The van der Waals surface area contributed by atoms with Crippen LogP contribution in [0.15, 0.2) is 18.2 Å². The number of nitrogens with one attached hydrogen (secondary N) is 1. The minimum absolute atomic E-state index is 0.410. The van der Waals surface area contributed by atoms with E-state index in [-0.39, 0.29) is 0 Å². The number of aryl methyl sites for hydroxylation is 2. The van der Waals surface area contributed by atoms with Gasteiger partial charge >= 0.3 is 5.97 Å². The van der Waals surface area contributed by atoms with Crippen LogP contribution in [0.2, 0.25) is 0 Å². The van der Waals surface area contributed by atoms with Crippen molar-refractivity contribution >= 4 is 5.97 Å². The smallest absolute Gasteiger partial charge is 0.328 e. The van der Waals surface area contributed by atoms with Crippen molar-refractivity contribution in [3.63, 3.8) is 0 Å². The van der Waals surface area contributed by atoms with Gasteiger partial charge in [0.2, 0.25) is 0 Å². The summed E-state index contributed by atoms with van der Waals surface area (Å²) in [7, 11) is 0. The lowest BCUT2D eigenvalue weighted by atomic mass is 9.89. The van der Waals surface area contributed by atoms with Crippen molar-refractivity contribution in [1.29, 1.82) is 0 Å². The van der Waals surface area contributed by atoms with Gasteiger partial charge in [0, 0.05) is 13.1 Å². The van der Waals surface area contributed by atoms with Crippen molar-refractivity contribution in [2.75, 3.05) is 13.1 Å². The molecule has 0 aromatic heterocycles. The van der Waals surface area contributed by atoms with Crippen LogP contribution in [-0.4, -0.2) is 24.2 Å². The first-order valence-corrected chi connectivity index (χ1v) is 5.68. The van der Waals surface area contributed by atoms with E-state index >= 15 is 0 Å². The average molecular weight is 236 g/mol. The molecule has 17 heavy (non-hydrogen) atoms. The lowest BCUT2D eigenvalue weighted by molar-refractivity contribution is -0.144. The molecule has 1 aromatic rings. The lowest BCUT2D eigenvalue weighted by Crippen LogP contribution is -2.48. The number of carboxylic acid groups (broad SMARTS) is 1. The molecular formula is C13H20N2O2. The van der Waals surface area contributed by atoms with Gasteiger partial charge in [0.15, 0.2) is 0 Å². The van der Waals surface area contributed by atoms with Gasteiger partial charge in [-0.2, -0.15) is 0 Å². The van der Waals surface area contributed by atoms with Gasteiger partial charge in [-0.05, 0) is 37.5 Å². The molecule has 0 aliphatic carbocycles. The summed E-state index contributed by atoms with van der Waals surface area (Å²) in [6.07, 6.45) is 0. The molecule has 1 atom stereocenters. The third-order valence-electron chi connectivity index (χ3n) is 3.13. The van der Waals surface area contributed by atoms with E-state index in [1.165, 1.54) is 0 Å². The maximum Gasteiger partial charge on any atom is 0.328 e. The summed E-state index contributed by atoms with van der Waals surface area (Å²) >= 11 is 0. The monoisotopic (exact) mass is 236 g/mol. The summed E-state index contributed by atoms with van der Waals surface area (Å²) in [5.74, 6) is -0.894. The molecule has 4 N–H and O–H groups in total. The highest BCUT2D eigenvalue weighted by Crippen LogP contribution is 2.23. The summed E-state index contributed by atoms with van der Waals surface area (Å²) in [5, 5.41) is 12.4. The van der Waals surface area contributed by atoms with Gasteiger partial charge in [0.25, 0.3) is 0 Å². The van der Waals surface area contributed by atoms with E-state index in [9.17, 15) is 9.90 Å². The van der Waals surface area contributed by atoms with Crippen molar-refractivity contribution < 1.29 is 9.90 Å². The summed E-state index contributed by atoms with van der Waals surface area (Å²) in [4.78, 5) is 11.4. The van der Waals surface area contributed by atoms with Crippen LogP contribution in [0, 0.1) is 13.8 Å². The molecule has 0 amide bonds. The van der Waals surface area contributed by atoms with Crippen LogP contribution in [-0.2, 0) is 10.3 Å². The lowest BCUT2D eigenvalue weighted by Gasteiger charge is -2.27. The Labute approximate surface area is 102 Å². The number of hydrogen-bond acceptors (Lipinski definition) is 3. The van der Waals surface area contributed by atoms with E-state index in [1.807, 2.05) is 32.0 Å². The van der Waals surface area contributed by atoms with E-state index < -0.39 is 11.5 Å². The summed E-state index contributed by atoms with van der Waals surface area (Å²) in [6.45, 7) is 6.52. The zero-order valence-corrected chi connectivity index (χ0v) is 10.6. The van der Waals surface area contributed by atoms with Gasteiger partial charge < -0.3 is 10.8 Å². The number of benzene rings is 1. The molecule has 0 saturated heterocycles. The fourth-order valence-corrected chi connectivity index (χ4v) is 1.68. The van der Waals surface area contributed by atoms with Gasteiger partial charge in [-0.3, -0.25) is 5.32 Å².